The topological polar surface area (TPSA) is 87.2 Å². The summed E-state index contributed by atoms with van der Waals surface area (Å²) in [6.07, 6.45) is 6.40. The van der Waals surface area contributed by atoms with Gasteiger partial charge in [-0.2, -0.15) is 0 Å². The molecule has 0 radical (unpaired) electrons. The fourth-order valence-electron chi connectivity index (χ4n) is 8.42. The van der Waals surface area contributed by atoms with Crippen molar-refractivity contribution in [2.24, 2.45) is 11.8 Å². The van der Waals surface area contributed by atoms with Crippen LogP contribution in [0.15, 0.2) is 66.2 Å². The first kappa shape index (κ1) is 34.1. The van der Waals surface area contributed by atoms with Crippen LogP contribution in [0.5, 0.6) is 11.5 Å². The number of thiophene rings is 1. The van der Waals surface area contributed by atoms with Gasteiger partial charge in [-0.3, -0.25) is 9.88 Å². The number of anilines is 1. The van der Waals surface area contributed by atoms with Crippen molar-refractivity contribution in [1.82, 2.24) is 14.8 Å². The number of fused-ring (bicyclic) bond motifs is 3. The summed E-state index contributed by atoms with van der Waals surface area (Å²) in [5, 5.41) is 16.7. The molecule has 260 valence electrons. The Hall–Kier alpha value is -3.37. The molecule has 2 fully saturated rings. The van der Waals surface area contributed by atoms with E-state index in [1.807, 2.05) is 42.6 Å². The fraction of sp³-hybridized carbons (Fsp3) is 0.487. The molecule has 3 heterocycles. The minimum atomic E-state index is -1.05. The number of pyridine rings is 1. The van der Waals surface area contributed by atoms with Gasteiger partial charge in [-0.25, -0.2) is 4.79 Å². The number of piperazine rings is 1. The number of halogens is 1. The first-order chi connectivity index (χ1) is 23.7. The Labute approximate surface area is 298 Å². The zero-order valence-electron chi connectivity index (χ0n) is 28.5. The zero-order chi connectivity index (χ0) is 34.0. The zero-order valence-corrected chi connectivity index (χ0v) is 30.1. The van der Waals surface area contributed by atoms with Crippen molar-refractivity contribution in [3.05, 3.63) is 82.3 Å². The number of hydrogen-bond acceptors (Lipinski definition) is 8. The number of aromatic nitrogens is 1. The summed E-state index contributed by atoms with van der Waals surface area (Å²) >= 11 is 7.94. The van der Waals surface area contributed by atoms with E-state index in [-0.39, 0.29) is 5.41 Å². The monoisotopic (exact) mass is 702 g/mol. The predicted octanol–water partition coefficient (Wildman–Crippen LogP) is 7.60. The summed E-state index contributed by atoms with van der Waals surface area (Å²) in [7, 11) is 2.18. The molecular formula is C39H47ClN4O4S. The molecule has 3 aliphatic rings. The number of hydrogen-bond donors (Lipinski definition) is 2. The first-order valence-corrected chi connectivity index (χ1v) is 18.9. The molecule has 1 spiro atoms. The molecular weight excluding hydrogens is 656 g/mol. The van der Waals surface area contributed by atoms with E-state index in [1.54, 1.807) is 11.3 Å². The number of ether oxygens (including phenoxy) is 2. The van der Waals surface area contributed by atoms with E-state index in [0.29, 0.717) is 42.9 Å². The van der Waals surface area contributed by atoms with Gasteiger partial charge in [0, 0.05) is 49.6 Å². The maximum Gasteiger partial charge on any atom is 0.329 e. The van der Waals surface area contributed by atoms with Crippen molar-refractivity contribution < 1.29 is 19.4 Å². The van der Waals surface area contributed by atoms with Gasteiger partial charge in [0.1, 0.15) is 23.6 Å². The summed E-state index contributed by atoms with van der Waals surface area (Å²) < 4.78 is 13.9. The Morgan fingerprint density at radius 1 is 1.08 bits per heavy atom. The summed E-state index contributed by atoms with van der Waals surface area (Å²) in [5.41, 5.74) is 3.24. The molecule has 1 saturated heterocycles. The van der Waals surface area contributed by atoms with Crippen molar-refractivity contribution >= 4 is 44.8 Å². The molecule has 0 unspecified atom stereocenters. The lowest BCUT2D eigenvalue weighted by Crippen LogP contribution is -2.53. The minimum absolute atomic E-state index is 0.132. The molecule has 1 aliphatic heterocycles. The second-order valence-corrected chi connectivity index (χ2v) is 15.8. The molecule has 4 aromatic rings. The normalized spacial score (nSPS) is 24.9. The van der Waals surface area contributed by atoms with E-state index in [9.17, 15) is 9.90 Å². The summed E-state index contributed by atoms with van der Waals surface area (Å²) in [4.78, 5) is 22.3. The van der Waals surface area contributed by atoms with Gasteiger partial charge in [-0.05, 0) is 122 Å². The van der Waals surface area contributed by atoms with Crippen LogP contribution in [0, 0.1) is 11.8 Å². The number of carboxylic acid groups (broad SMARTS) is 1. The average Bonchev–Trinajstić information content (AvgIpc) is 3.69. The second kappa shape index (κ2) is 14.5. The Bertz CT molecular complexity index is 1760. The van der Waals surface area contributed by atoms with Crippen LogP contribution in [0.2, 0.25) is 5.02 Å². The second-order valence-electron chi connectivity index (χ2n) is 14.5. The molecule has 2 atom stereocenters. The lowest BCUT2D eigenvalue weighted by molar-refractivity contribution is -0.144. The van der Waals surface area contributed by atoms with Crippen LogP contribution in [0.1, 0.15) is 50.2 Å². The highest BCUT2D eigenvalue weighted by Crippen LogP contribution is 2.56. The largest absolute Gasteiger partial charge is 0.492 e. The van der Waals surface area contributed by atoms with Crippen molar-refractivity contribution in [2.45, 2.75) is 56.4 Å². The SMILES string of the molecule is C[C@@H](COc1ccnc2ccsc12)C[C@@H]1Cc2ccc(OCCN3CCN(C)CC3)cc2C12CCC(Nc1cccc(Cl)c1)(C(=O)O)CC2. The third-order valence-electron chi connectivity index (χ3n) is 11.3. The molecule has 49 heavy (non-hydrogen) atoms. The smallest absolute Gasteiger partial charge is 0.329 e. The summed E-state index contributed by atoms with van der Waals surface area (Å²) in [5.74, 6) is 1.69. The molecule has 8 nitrogen and oxygen atoms in total. The Kier molecular flexibility index (Phi) is 10.1. The fourth-order valence-corrected chi connectivity index (χ4v) is 9.43. The highest BCUT2D eigenvalue weighted by Gasteiger charge is 2.54. The number of carbonyl (C=O) groups is 1. The quantitative estimate of drug-likeness (QED) is 0.156. The molecule has 0 amide bonds. The highest BCUT2D eigenvalue weighted by molar-refractivity contribution is 7.17. The van der Waals surface area contributed by atoms with Crippen molar-refractivity contribution in [1.29, 1.82) is 0 Å². The lowest BCUT2D eigenvalue weighted by Gasteiger charge is -2.47. The predicted molar refractivity (Wildman–Crippen MR) is 198 cm³/mol. The van der Waals surface area contributed by atoms with Gasteiger partial charge in [0.05, 0.1) is 16.8 Å². The number of carboxylic acids is 1. The van der Waals surface area contributed by atoms with E-state index in [2.05, 4.69) is 57.7 Å². The van der Waals surface area contributed by atoms with E-state index in [4.69, 9.17) is 21.1 Å². The highest BCUT2D eigenvalue weighted by atomic mass is 35.5. The van der Waals surface area contributed by atoms with Crippen molar-refractivity contribution in [2.75, 3.05) is 58.3 Å². The van der Waals surface area contributed by atoms with Gasteiger partial charge in [0.15, 0.2) is 0 Å². The molecule has 2 aromatic carbocycles. The van der Waals surface area contributed by atoms with Gasteiger partial charge in [0.25, 0.3) is 0 Å². The standard InChI is InChI=1S/C39H47ClN4O4S/c1-27(26-48-35-8-14-41-34-9-21-49-36(34)35)22-29-23-28-6-7-32(47-20-19-44-17-15-43(2)16-18-44)25-33(28)38(29)10-12-39(13-11-38,37(45)46)42-31-5-3-4-30(40)24-31/h3-9,14,21,24-25,27,29,42H,10-13,15-20,22-23,26H2,1-2H3,(H,45,46)/t27-,29-,38?,39?/m1/s1. The van der Waals surface area contributed by atoms with Crippen molar-refractivity contribution in [3.63, 3.8) is 0 Å². The van der Waals surface area contributed by atoms with Crippen molar-refractivity contribution in [3.8, 4) is 11.5 Å². The molecule has 10 heteroatoms. The number of nitrogens with one attached hydrogen (secondary N) is 1. The van der Waals surface area contributed by atoms with E-state index in [1.165, 1.54) is 11.1 Å². The lowest BCUT2D eigenvalue weighted by atomic mass is 9.59. The minimum Gasteiger partial charge on any atom is -0.492 e. The van der Waals surface area contributed by atoms with Crippen LogP contribution in [0.25, 0.3) is 10.2 Å². The van der Waals surface area contributed by atoms with Gasteiger partial charge in [0.2, 0.25) is 0 Å². The third kappa shape index (κ3) is 7.27. The van der Waals surface area contributed by atoms with Crippen LogP contribution in [-0.4, -0.2) is 84.4 Å². The molecule has 1 saturated carbocycles. The maximum absolute atomic E-state index is 12.9. The van der Waals surface area contributed by atoms with Crippen LogP contribution in [0.3, 0.4) is 0 Å². The van der Waals surface area contributed by atoms with Gasteiger partial charge >= 0.3 is 5.97 Å². The average molecular weight is 703 g/mol. The van der Waals surface area contributed by atoms with Crippen LogP contribution in [-0.2, 0) is 16.6 Å². The number of aliphatic carboxylic acids is 1. The van der Waals surface area contributed by atoms with Crippen LogP contribution < -0.4 is 14.8 Å². The van der Waals surface area contributed by atoms with Gasteiger partial charge < -0.3 is 24.8 Å². The van der Waals surface area contributed by atoms with E-state index >= 15 is 0 Å². The summed E-state index contributed by atoms with van der Waals surface area (Å²) in [6, 6.07) is 18.0. The number of nitrogens with zero attached hydrogens (tertiary/aromatic N) is 3. The van der Waals surface area contributed by atoms with Gasteiger partial charge in [-0.15, -0.1) is 11.3 Å². The van der Waals surface area contributed by atoms with E-state index < -0.39 is 11.5 Å². The summed E-state index contributed by atoms with van der Waals surface area (Å²) in [6.45, 7) is 8.81. The number of benzene rings is 2. The third-order valence-corrected chi connectivity index (χ3v) is 12.4. The molecule has 7 rings (SSSR count). The molecule has 2 N–H and O–H groups in total. The van der Waals surface area contributed by atoms with E-state index in [0.717, 1.165) is 85.8 Å². The Morgan fingerprint density at radius 3 is 2.67 bits per heavy atom. The molecule has 2 aliphatic carbocycles. The first-order valence-electron chi connectivity index (χ1n) is 17.6. The van der Waals surface area contributed by atoms with Crippen LogP contribution >= 0.6 is 22.9 Å². The van der Waals surface area contributed by atoms with Crippen LogP contribution in [0.4, 0.5) is 5.69 Å². The molecule has 0 bridgehead atoms. The maximum atomic E-state index is 12.9. The Morgan fingerprint density at radius 2 is 1.90 bits per heavy atom. The Balaban J connectivity index is 1.10. The van der Waals surface area contributed by atoms with Gasteiger partial charge in [-0.1, -0.05) is 30.7 Å². The molecule has 2 aromatic heterocycles. The number of rotatable bonds is 12. The number of likely N-dealkylation sites (N-methyl/N-ethyl adjacent to an activating group) is 1.